The average Bonchev–Trinajstić information content (AvgIpc) is 4.00. The summed E-state index contributed by atoms with van der Waals surface area (Å²) in [5, 5.41) is 7.73. The summed E-state index contributed by atoms with van der Waals surface area (Å²) < 4.78 is 22.0. The Bertz CT molecular complexity index is 3320. The summed E-state index contributed by atoms with van der Waals surface area (Å²) >= 11 is 0. The van der Waals surface area contributed by atoms with Crippen molar-refractivity contribution in [2.24, 2.45) is 0 Å². The molecule has 5 heteroatoms. The van der Waals surface area contributed by atoms with Crippen molar-refractivity contribution in [1.82, 2.24) is 4.57 Å². The molecule has 4 heterocycles. The van der Waals surface area contributed by atoms with Crippen LogP contribution >= 0.6 is 0 Å². The smallest absolute Gasteiger partial charge is 0.213 e. The molecule has 0 saturated heterocycles. The Hall–Kier alpha value is -7.50. The maximum absolute atomic E-state index is 6.62. The van der Waals surface area contributed by atoms with Crippen LogP contribution in [0.1, 0.15) is 0 Å². The van der Waals surface area contributed by atoms with E-state index < -0.39 is 0 Å². The number of aromatic nitrogens is 1. The lowest BCUT2D eigenvalue weighted by atomic mass is 10.0. The molecule has 55 heavy (non-hydrogen) atoms. The van der Waals surface area contributed by atoms with Crippen LogP contribution in [0.15, 0.2) is 195 Å². The van der Waals surface area contributed by atoms with Gasteiger partial charge >= 0.3 is 0 Å². The molecule has 0 aliphatic carbocycles. The highest BCUT2D eigenvalue weighted by atomic mass is 16.3. The molecule has 8 aromatic carbocycles. The third kappa shape index (κ3) is 4.41. The predicted molar refractivity (Wildman–Crippen MR) is 225 cm³/mol. The van der Waals surface area contributed by atoms with Crippen LogP contribution in [0.5, 0.6) is 0 Å². The number of anilines is 3. The minimum atomic E-state index is 0.824. The molecule has 0 aliphatic heterocycles. The Balaban J connectivity index is 1.05. The van der Waals surface area contributed by atoms with Crippen molar-refractivity contribution in [2.75, 3.05) is 4.90 Å². The third-order valence-electron chi connectivity index (χ3n) is 11.0. The predicted octanol–water partition coefficient (Wildman–Crippen LogP) is 14.5. The molecule has 0 atom stereocenters. The Labute approximate surface area is 314 Å². The van der Waals surface area contributed by atoms with Gasteiger partial charge in [-0.05, 0) is 71.8 Å². The number of furan rings is 3. The van der Waals surface area contributed by atoms with Gasteiger partial charge in [-0.25, -0.2) is 0 Å². The van der Waals surface area contributed by atoms with E-state index in [1.807, 2.05) is 42.5 Å². The second-order valence-corrected chi connectivity index (χ2v) is 14.1. The monoisotopic (exact) mass is 706 g/mol. The van der Waals surface area contributed by atoms with Gasteiger partial charge in [-0.2, -0.15) is 0 Å². The molecule has 5 nitrogen and oxygen atoms in total. The maximum Gasteiger partial charge on any atom is 0.213 e. The summed E-state index contributed by atoms with van der Waals surface area (Å²) in [6.07, 6.45) is 0. The van der Waals surface area contributed by atoms with E-state index in [-0.39, 0.29) is 0 Å². The van der Waals surface area contributed by atoms with Gasteiger partial charge in [-0.15, -0.1) is 0 Å². The number of hydrogen-bond acceptors (Lipinski definition) is 4. The number of hydrogen-bond donors (Lipinski definition) is 0. The number of para-hydroxylation sites is 6. The first-order chi connectivity index (χ1) is 27.3. The van der Waals surface area contributed by atoms with Crippen LogP contribution in [0.3, 0.4) is 0 Å². The van der Waals surface area contributed by atoms with E-state index in [4.69, 9.17) is 13.3 Å². The van der Waals surface area contributed by atoms with Gasteiger partial charge in [0.25, 0.3) is 0 Å². The molecule has 0 amide bonds. The summed E-state index contributed by atoms with van der Waals surface area (Å²) in [6.45, 7) is 0. The number of benzene rings is 8. The van der Waals surface area contributed by atoms with Crippen molar-refractivity contribution in [2.45, 2.75) is 0 Å². The Morgan fingerprint density at radius 3 is 1.55 bits per heavy atom. The zero-order valence-corrected chi connectivity index (χ0v) is 29.4. The summed E-state index contributed by atoms with van der Waals surface area (Å²) in [5.74, 6) is 0. The van der Waals surface area contributed by atoms with Gasteiger partial charge < -0.3 is 18.2 Å². The second-order valence-electron chi connectivity index (χ2n) is 14.1. The highest BCUT2D eigenvalue weighted by molar-refractivity contribution is 6.20. The lowest BCUT2D eigenvalue weighted by Crippen LogP contribution is -2.10. The zero-order chi connectivity index (χ0) is 36.0. The summed E-state index contributed by atoms with van der Waals surface area (Å²) in [7, 11) is 0. The number of rotatable bonds is 5. The molecule has 0 radical (unpaired) electrons. The lowest BCUT2D eigenvalue weighted by molar-refractivity contribution is 0.645. The van der Waals surface area contributed by atoms with E-state index in [0.717, 1.165) is 111 Å². The van der Waals surface area contributed by atoms with Crippen molar-refractivity contribution in [3.63, 3.8) is 0 Å². The molecule has 258 valence electrons. The largest absolute Gasteiger partial charge is 0.454 e. The van der Waals surface area contributed by atoms with Crippen LogP contribution in [-0.2, 0) is 0 Å². The number of fused-ring (bicyclic) bond motifs is 11. The van der Waals surface area contributed by atoms with Gasteiger partial charge in [0.05, 0.1) is 22.3 Å². The van der Waals surface area contributed by atoms with Crippen molar-refractivity contribution in [3.05, 3.63) is 182 Å². The van der Waals surface area contributed by atoms with Crippen LogP contribution in [0.25, 0.3) is 93.7 Å². The highest BCUT2D eigenvalue weighted by Gasteiger charge is 2.24. The first kappa shape index (κ1) is 30.0. The van der Waals surface area contributed by atoms with E-state index in [1.165, 1.54) is 0 Å². The van der Waals surface area contributed by atoms with Gasteiger partial charge in [0, 0.05) is 43.7 Å². The fourth-order valence-electron chi connectivity index (χ4n) is 8.53. The average molecular weight is 707 g/mol. The second kappa shape index (κ2) is 11.5. The van der Waals surface area contributed by atoms with Crippen LogP contribution < -0.4 is 4.90 Å². The first-order valence-electron chi connectivity index (χ1n) is 18.5. The molecule has 0 unspecified atom stereocenters. The molecular weight excluding hydrogens is 677 g/mol. The molecule has 0 N–H and O–H groups in total. The Morgan fingerprint density at radius 2 is 0.909 bits per heavy atom. The van der Waals surface area contributed by atoms with Crippen molar-refractivity contribution in [3.8, 4) is 16.8 Å². The van der Waals surface area contributed by atoms with E-state index in [1.54, 1.807) is 0 Å². The van der Waals surface area contributed by atoms with E-state index >= 15 is 0 Å². The van der Waals surface area contributed by atoms with Gasteiger partial charge in [0.1, 0.15) is 16.7 Å². The van der Waals surface area contributed by atoms with Gasteiger partial charge in [-0.1, -0.05) is 121 Å². The Kier molecular flexibility index (Phi) is 6.27. The number of nitrogens with zero attached hydrogens (tertiary/aromatic N) is 2. The topological polar surface area (TPSA) is 47.6 Å². The maximum atomic E-state index is 6.62. The summed E-state index contributed by atoms with van der Waals surface area (Å²) in [6, 6.07) is 63.5. The van der Waals surface area contributed by atoms with Gasteiger partial charge in [0.2, 0.25) is 5.71 Å². The van der Waals surface area contributed by atoms with Crippen LogP contribution in [-0.4, -0.2) is 4.57 Å². The van der Waals surface area contributed by atoms with Crippen LogP contribution in [0.4, 0.5) is 17.1 Å². The quantitative estimate of drug-likeness (QED) is 0.179. The Morgan fingerprint density at radius 1 is 0.382 bits per heavy atom. The van der Waals surface area contributed by atoms with Crippen LogP contribution in [0, 0.1) is 0 Å². The van der Waals surface area contributed by atoms with Crippen LogP contribution in [0.2, 0.25) is 0 Å². The SMILES string of the molecule is c1ccc(-n2c3cc(-c4ccc(N(c5cccc6c5oc5ccccc56)c5cccc6c5oc5ccccc56)cc4)ccc3c3c4ccccc4oc32)cc1. The standard InChI is InChI=1S/C50H30N2O3/c1-2-12-33(13-3-1)52-43-30-32(26-29-39(43)47-40-16-6-9-23-46(40)55-50(47)52)31-24-27-34(28-25-31)51(41-19-10-17-37-35-14-4-7-21-44(35)53-48(37)41)42-20-11-18-38-36-15-5-8-22-45(36)54-49(38)42/h1-30H. The van der Waals surface area contributed by atoms with E-state index in [2.05, 4.69) is 149 Å². The first-order valence-corrected chi connectivity index (χ1v) is 18.5. The summed E-state index contributed by atoms with van der Waals surface area (Å²) in [4.78, 5) is 2.27. The summed E-state index contributed by atoms with van der Waals surface area (Å²) in [5.41, 5.74) is 12.4. The van der Waals surface area contributed by atoms with E-state index in [0.29, 0.717) is 0 Å². The molecule has 0 aliphatic rings. The van der Waals surface area contributed by atoms with E-state index in [9.17, 15) is 0 Å². The normalized spacial score (nSPS) is 12.0. The molecule has 0 saturated carbocycles. The third-order valence-corrected chi connectivity index (χ3v) is 11.0. The van der Waals surface area contributed by atoms with Gasteiger partial charge in [0.15, 0.2) is 11.2 Å². The molecule has 0 spiro atoms. The van der Waals surface area contributed by atoms with Crippen molar-refractivity contribution < 1.29 is 13.3 Å². The van der Waals surface area contributed by atoms with Crippen molar-refractivity contribution >= 4 is 93.9 Å². The minimum Gasteiger partial charge on any atom is -0.454 e. The molecule has 0 bridgehead atoms. The fraction of sp³-hybridized carbons (Fsp3) is 0. The zero-order valence-electron chi connectivity index (χ0n) is 29.4. The van der Waals surface area contributed by atoms with Gasteiger partial charge in [-0.3, -0.25) is 4.57 Å². The molecule has 0 fully saturated rings. The molecule has 12 rings (SSSR count). The molecule has 4 aromatic heterocycles. The minimum absolute atomic E-state index is 0.824. The molecular formula is C50H30N2O3. The van der Waals surface area contributed by atoms with Crippen molar-refractivity contribution in [1.29, 1.82) is 0 Å². The highest BCUT2D eigenvalue weighted by Crippen LogP contribution is 2.46. The lowest BCUT2D eigenvalue weighted by Gasteiger charge is -2.25. The fourth-order valence-corrected chi connectivity index (χ4v) is 8.53. The molecule has 12 aromatic rings.